The van der Waals surface area contributed by atoms with Crippen molar-refractivity contribution >= 4 is 21.6 Å². The van der Waals surface area contributed by atoms with Gasteiger partial charge in [0.05, 0.1) is 36.6 Å². The van der Waals surface area contributed by atoms with E-state index in [4.69, 9.17) is 0 Å². The molecule has 0 unspecified atom stereocenters. The van der Waals surface area contributed by atoms with Crippen molar-refractivity contribution in [1.82, 2.24) is 4.31 Å². The first-order chi connectivity index (χ1) is 14.5. The molecule has 31 heavy (non-hydrogen) atoms. The number of amides is 1. The number of aryl methyl sites for hydroxylation is 2. The quantitative estimate of drug-likeness (QED) is 0.722. The van der Waals surface area contributed by atoms with E-state index < -0.39 is 26.7 Å². The van der Waals surface area contributed by atoms with Gasteiger partial charge in [-0.25, -0.2) is 8.42 Å². The molecular formula is C21H25F3N3O3S+. The Bertz CT molecular complexity index is 1060. The maximum absolute atomic E-state index is 13.2. The first-order valence-corrected chi connectivity index (χ1v) is 11.3. The number of halogens is 3. The lowest BCUT2D eigenvalue weighted by Crippen LogP contribution is -3.15. The van der Waals surface area contributed by atoms with Gasteiger partial charge < -0.3 is 10.2 Å². The summed E-state index contributed by atoms with van der Waals surface area (Å²) < 4.78 is 66.4. The predicted octanol–water partition coefficient (Wildman–Crippen LogP) is 1.85. The SMILES string of the molecule is Cc1ccc(NC(=O)C[NH+]2CCN(S(=O)(=O)c3ccccc3C(F)(F)F)CC2)cc1C. The standard InChI is InChI=1S/C21H24F3N3O3S/c1-15-7-8-17(13-16(15)2)25-20(28)14-26-9-11-27(12-10-26)31(29,30)19-6-4-3-5-18(19)21(22,23)24/h3-8,13H,9-12,14H2,1-2H3,(H,25,28)/p+1. The van der Waals surface area contributed by atoms with Gasteiger partial charge in [-0.1, -0.05) is 18.2 Å². The highest BCUT2D eigenvalue weighted by molar-refractivity contribution is 7.89. The minimum Gasteiger partial charge on any atom is -0.325 e. The lowest BCUT2D eigenvalue weighted by molar-refractivity contribution is -0.895. The van der Waals surface area contributed by atoms with Crippen molar-refractivity contribution in [2.24, 2.45) is 0 Å². The molecule has 0 saturated carbocycles. The highest BCUT2D eigenvalue weighted by Gasteiger charge is 2.40. The van der Waals surface area contributed by atoms with E-state index in [2.05, 4.69) is 5.32 Å². The molecule has 0 bridgehead atoms. The topological polar surface area (TPSA) is 70.9 Å². The van der Waals surface area contributed by atoms with Crippen LogP contribution in [0, 0.1) is 13.8 Å². The molecule has 1 heterocycles. The van der Waals surface area contributed by atoms with Crippen molar-refractivity contribution in [2.45, 2.75) is 24.9 Å². The third kappa shape index (κ3) is 5.44. The fraction of sp³-hybridized carbons (Fsp3) is 0.381. The Morgan fingerprint density at radius 3 is 2.32 bits per heavy atom. The van der Waals surface area contributed by atoms with Crippen molar-refractivity contribution in [3.63, 3.8) is 0 Å². The van der Waals surface area contributed by atoms with E-state index >= 15 is 0 Å². The third-order valence-corrected chi connectivity index (χ3v) is 7.40. The van der Waals surface area contributed by atoms with E-state index in [1.807, 2.05) is 32.0 Å². The first kappa shape index (κ1) is 23.2. The van der Waals surface area contributed by atoms with Gasteiger partial charge in [0.25, 0.3) is 5.91 Å². The maximum Gasteiger partial charge on any atom is 0.417 e. The van der Waals surface area contributed by atoms with Crippen molar-refractivity contribution < 1.29 is 31.3 Å². The number of piperazine rings is 1. The number of alkyl halides is 3. The average molecular weight is 457 g/mol. The monoisotopic (exact) mass is 456 g/mol. The second kappa shape index (κ2) is 8.97. The molecule has 168 valence electrons. The molecule has 2 aromatic carbocycles. The number of nitrogens with zero attached hydrogens (tertiary/aromatic N) is 1. The molecule has 0 aliphatic carbocycles. The molecule has 10 heteroatoms. The van der Waals surface area contributed by atoms with E-state index in [9.17, 15) is 26.4 Å². The van der Waals surface area contributed by atoms with Crippen LogP contribution in [0.25, 0.3) is 0 Å². The summed E-state index contributed by atoms with van der Waals surface area (Å²) >= 11 is 0. The summed E-state index contributed by atoms with van der Waals surface area (Å²) in [6.07, 6.45) is -4.76. The number of benzene rings is 2. The summed E-state index contributed by atoms with van der Waals surface area (Å²) in [4.78, 5) is 12.5. The Morgan fingerprint density at radius 1 is 1.06 bits per heavy atom. The fourth-order valence-electron chi connectivity index (χ4n) is 3.54. The number of carbonyl (C=O) groups excluding carboxylic acids is 1. The number of sulfonamides is 1. The van der Waals surface area contributed by atoms with Crippen LogP contribution in [0.1, 0.15) is 16.7 Å². The number of nitrogens with one attached hydrogen (secondary N) is 2. The Labute approximate surface area is 179 Å². The maximum atomic E-state index is 13.2. The van der Waals surface area contributed by atoms with Gasteiger partial charge in [-0.2, -0.15) is 17.5 Å². The second-order valence-corrected chi connectivity index (χ2v) is 9.58. The number of carbonyl (C=O) groups is 1. The van der Waals surface area contributed by atoms with Crippen LogP contribution >= 0.6 is 0 Å². The van der Waals surface area contributed by atoms with Gasteiger partial charge in [-0.15, -0.1) is 0 Å². The lowest BCUT2D eigenvalue weighted by atomic mass is 10.1. The fourth-order valence-corrected chi connectivity index (χ4v) is 5.19. The van der Waals surface area contributed by atoms with E-state index in [-0.39, 0.29) is 25.5 Å². The molecule has 0 aromatic heterocycles. The highest BCUT2D eigenvalue weighted by Crippen LogP contribution is 2.35. The number of hydrogen-bond donors (Lipinski definition) is 2. The zero-order valence-corrected chi connectivity index (χ0v) is 18.1. The van der Waals surface area contributed by atoms with Crippen molar-refractivity contribution in [3.05, 3.63) is 59.2 Å². The molecule has 1 amide bonds. The van der Waals surface area contributed by atoms with E-state index in [0.29, 0.717) is 18.8 Å². The summed E-state index contributed by atoms with van der Waals surface area (Å²) in [5.74, 6) is -0.197. The van der Waals surface area contributed by atoms with E-state index in [1.54, 1.807) is 0 Å². The van der Waals surface area contributed by atoms with Crippen LogP contribution in [0.2, 0.25) is 0 Å². The van der Waals surface area contributed by atoms with Crippen LogP contribution in [0.15, 0.2) is 47.4 Å². The summed E-state index contributed by atoms with van der Waals surface area (Å²) in [5.41, 5.74) is 1.70. The van der Waals surface area contributed by atoms with Gasteiger partial charge in [0.1, 0.15) is 0 Å². The molecule has 0 radical (unpaired) electrons. The van der Waals surface area contributed by atoms with Gasteiger partial charge in [0, 0.05) is 5.69 Å². The molecule has 3 rings (SSSR count). The zero-order valence-electron chi connectivity index (χ0n) is 17.3. The van der Waals surface area contributed by atoms with Gasteiger partial charge in [0.15, 0.2) is 6.54 Å². The van der Waals surface area contributed by atoms with Crippen molar-refractivity contribution in [2.75, 3.05) is 38.0 Å². The first-order valence-electron chi connectivity index (χ1n) is 9.85. The number of rotatable bonds is 5. The Morgan fingerprint density at radius 2 is 1.71 bits per heavy atom. The molecule has 0 spiro atoms. The number of quaternary nitrogens is 1. The number of hydrogen-bond acceptors (Lipinski definition) is 3. The van der Waals surface area contributed by atoms with Crippen molar-refractivity contribution in [3.8, 4) is 0 Å². The van der Waals surface area contributed by atoms with Gasteiger partial charge in [0.2, 0.25) is 10.0 Å². The summed E-state index contributed by atoms with van der Waals surface area (Å²) in [5, 5.41) is 2.83. The molecular weight excluding hydrogens is 431 g/mol. The smallest absolute Gasteiger partial charge is 0.325 e. The Balaban J connectivity index is 1.61. The van der Waals surface area contributed by atoms with E-state index in [0.717, 1.165) is 38.5 Å². The highest BCUT2D eigenvalue weighted by atomic mass is 32.2. The number of anilines is 1. The van der Waals surface area contributed by atoms with Gasteiger partial charge >= 0.3 is 6.18 Å². The largest absolute Gasteiger partial charge is 0.417 e. The lowest BCUT2D eigenvalue weighted by Gasteiger charge is -2.31. The molecule has 2 N–H and O–H groups in total. The summed E-state index contributed by atoms with van der Waals surface area (Å²) in [6, 6.07) is 9.81. The van der Waals surface area contributed by atoms with Crippen LogP contribution < -0.4 is 10.2 Å². The zero-order chi connectivity index (χ0) is 22.8. The van der Waals surface area contributed by atoms with Crippen LogP contribution in [0.5, 0.6) is 0 Å². The summed E-state index contributed by atoms with van der Waals surface area (Å²) in [6.45, 7) is 4.82. The Kier molecular flexibility index (Phi) is 6.73. The van der Waals surface area contributed by atoms with Crippen LogP contribution in [-0.2, 0) is 21.0 Å². The third-order valence-electron chi connectivity index (χ3n) is 5.44. The normalized spacial score (nSPS) is 16.3. The molecule has 1 aliphatic rings. The van der Waals surface area contributed by atoms with E-state index in [1.165, 1.54) is 6.07 Å². The molecule has 1 saturated heterocycles. The molecule has 6 nitrogen and oxygen atoms in total. The molecule has 2 aromatic rings. The average Bonchev–Trinajstić information content (AvgIpc) is 2.70. The van der Waals surface area contributed by atoms with Crippen LogP contribution in [-0.4, -0.2) is 51.4 Å². The van der Waals surface area contributed by atoms with Gasteiger partial charge in [-0.05, 0) is 49.2 Å². The van der Waals surface area contributed by atoms with Crippen LogP contribution in [0.4, 0.5) is 18.9 Å². The Hall–Kier alpha value is -2.43. The predicted molar refractivity (Wildman–Crippen MR) is 110 cm³/mol. The molecule has 0 atom stereocenters. The van der Waals surface area contributed by atoms with Crippen LogP contribution in [0.3, 0.4) is 0 Å². The molecule has 1 fully saturated rings. The summed E-state index contributed by atoms with van der Waals surface area (Å²) in [7, 11) is -4.29. The minimum atomic E-state index is -4.76. The minimum absolute atomic E-state index is 0.0424. The molecule has 1 aliphatic heterocycles. The second-order valence-electron chi connectivity index (χ2n) is 7.67. The van der Waals surface area contributed by atoms with Gasteiger partial charge in [-0.3, -0.25) is 4.79 Å². The van der Waals surface area contributed by atoms with Crippen molar-refractivity contribution in [1.29, 1.82) is 0 Å².